The van der Waals surface area contributed by atoms with Crippen LogP contribution in [0.4, 0.5) is 0 Å². The van der Waals surface area contributed by atoms with Crippen LogP contribution in [0.15, 0.2) is 34.3 Å². The highest BCUT2D eigenvalue weighted by Gasteiger charge is 2.23. The summed E-state index contributed by atoms with van der Waals surface area (Å²) in [5.41, 5.74) is 1.28. The molecule has 1 aliphatic heterocycles. The Hall–Kier alpha value is -1.21. The molecule has 1 atom stereocenters. The fourth-order valence-corrected chi connectivity index (χ4v) is 4.07. The SMILES string of the molecule is O=C(Cc1cccs1)NC[C@@H](c1ccsc1)N1CCOCC1. The molecule has 4 nitrogen and oxygen atoms in total. The van der Waals surface area contributed by atoms with Gasteiger partial charge in [0.25, 0.3) is 0 Å². The monoisotopic (exact) mass is 336 g/mol. The Bertz CT molecular complexity index is 563. The van der Waals surface area contributed by atoms with Gasteiger partial charge in [0.05, 0.1) is 25.7 Å². The van der Waals surface area contributed by atoms with Gasteiger partial charge in [-0.25, -0.2) is 0 Å². The standard InChI is InChI=1S/C16H20N2O2S2/c19-16(10-14-2-1-8-22-14)17-11-15(13-3-9-21-12-13)18-4-6-20-7-5-18/h1-3,8-9,12,15H,4-7,10-11H2,(H,17,19)/t15-/m0/s1. The first-order chi connectivity index (χ1) is 10.8. The van der Waals surface area contributed by atoms with Gasteiger partial charge in [0, 0.05) is 24.5 Å². The second-order valence-electron chi connectivity index (χ2n) is 5.28. The average molecular weight is 336 g/mol. The van der Waals surface area contributed by atoms with Gasteiger partial charge in [0.2, 0.25) is 5.91 Å². The van der Waals surface area contributed by atoms with E-state index in [1.54, 1.807) is 22.7 Å². The van der Waals surface area contributed by atoms with E-state index in [1.807, 2.05) is 17.5 Å². The lowest BCUT2D eigenvalue weighted by molar-refractivity contribution is -0.120. The summed E-state index contributed by atoms with van der Waals surface area (Å²) in [6.45, 7) is 4.02. The maximum absolute atomic E-state index is 12.1. The summed E-state index contributed by atoms with van der Waals surface area (Å²) in [4.78, 5) is 15.6. The smallest absolute Gasteiger partial charge is 0.225 e. The van der Waals surface area contributed by atoms with E-state index in [1.165, 1.54) is 5.56 Å². The topological polar surface area (TPSA) is 41.6 Å². The summed E-state index contributed by atoms with van der Waals surface area (Å²) in [5, 5.41) is 9.37. The number of thiophene rings is 2. The summed E-state index contributed by atoms with van der Waals surface area (Å²) in [6.07, 6.45) is 0.469. The summed E-state index contributed by atoms with van der Waals surface area (Å²) >= 11 is 3.33. The van der Waals surface area contributed by atoms with Crippen LogP contribution in [0.5, 0.6) is 0 Å². The van der Waals surface area contributed by atoms with Crippen LogP contribution in [-0.4, -0.2) is 43.7 Å². The molecule has 0 spiro atoms. The Morgan fingerprint density at radius 1 is 1.32 bits per heavy atom. The third-order valence-corrected chi connectivity index (χ3v) is 5.40. The molecule has 22 heavy (non-hydrogen) atoms. The molecular formula is C16H20N2O2S2. The third kappa shape index (κ3) is 4.16. The normalized spacial score (nSPS) is 17.3. The number of carbonyl (C=O) groups excluding carboxylic acids is 1. The van der Waals surface area contributed by atoms with Crippen molar-refractivity contribution in [3.05, 3.63) is 44.8 Å². The third-order valence-electron chi connectivity index (χ3n) is 3.82. The predicted octanol–water partition coefficient (Wildman–Crippen LogP) is 2.54. The number of nitrogens with one attached hydrogen (secondary N) is 1. The summed E-state index contributed by atoms with van der Waals surface area (Å²) in [5.74, 6) is 0.0935. The van der Waals surface area contributed by atoms with Gasteiger partial charge in [-0.1, -0.05) is 6.07 Å². The van der Waals surface area contributed by atoms with Gasteiger partial charge in [0.1, 0.15) is 0 Å². The molecule has 0 aromatic carbocycles. The molecule has 1 aliphatic rings. The quantitative estimate of drug-likeness (QED) is 0.881. The number of hydrogen-bond donors (Lipinski definition) is 1. The molecule has 2 aromatic rings. The second kappa shape index (κ2) is 7.87. The van der Waals surface area contributed by atoms with Crippen LogP contribution in [0.2, 0.25) is 0 Å². The molecule has 118 valence electrons. The van der Waals surface area contributed by atoms with Crippen LogP contribution in [0.3, 0.4) is 0 Å². The number of morpholine rings is 1. The zero-order valence-corrected chi connectivity index (χ0v) is 14.0. The lowest BCUT2D eigenvalue weighted by Crippen LogP contribution is -2.43. The molecule has 0 aliphatic carbocycles. The molecule has 0 radical (unpaired) electrons. The zero-order valence-electron chi connectivity index (χ0n) is 12.4. The Balaban J connectivity index is 1.59. The largest absolute Gasteiger partial charge is 0.379 e. The number of nitrogens with zero attached hydrogens (tertiary/aromatic N) is 1. The van der Waals surface area contributed by atoms with Crippen LogP contribution in [0.1, 0.15) is 16.5 Å². The Kier molecular flexibility index (Phi) is 5.61. The van der Waals surface area contributed by atoms with Crippen molar-refractivity contribution in [1.82, 2.24) is 10.2 Å². The highest BCUT2D eigenvalue weighted by atomic mass is 32.1. The molecule has 3 rings (SSSR count). The number of amides is 1. The van der Waals surface area contributed by atoms with Crippen molar-refractivity contribution < 1.29 is 9.53 Å². The molecule has 3 heterocycles. The minimum atomic E-state index is 0.0935. The zero-order chi connectivity index (χ0) is 15.2. The fourth-order valence-electron chi connectivity index (χ4n) is 2.66. The van der Waals surface area contributed by atoms with Gasteiger partial charge in [-0.15, -0.1) is 11.3 Å². The van der Waals surface area contributed by atoms with E-state index in [4.69, 9.17) is 4.74 Å². The maximum atomic E-state index is 12.1. The van der Waals surface area contributed by atoms with Gasteiger partial charge in [-0.2, -0.15) is 11.3 Å². The van der Waals surface area contributed by atoms with Crippen molar-refractivity contribution in [3.8, 4) is 0 Å². The van der Waals surface area contributed by atoms with Crippen molar-refractivity contribution in [2.45, 2.75) is 12.5 Å². The lowest BCUT2D eigenvalue weighted by Gasteiger charge is -2.34. The molecule has 0 saturated carbocycles. The molecule has 1 amide bonds. The van der Waals surface area contributed by atoms with Gasteiger partial charge in [-0.3, -0.25) is 9.69 Å². The van der Waals surface area contributed by atoms with Crippen LogP contribution >= 0.6 is 22.7 Å². The van der Waals surface area contributed by atoms with E-state index < -0.39 is 0 Å². The highest BCUT2D eigenvalue weighted by molar-refractivity contribution is 7.10. The molecule has 1 saturated heterocycles. The van der Waals surface area contributed by atoms with Crippen molar-refractivity contribution in [3.63, 3.8) is 0 Å². The first kappa shape index (κ1) is 15.7. The second-order valence-corrected chi connectivity index (χ2v) is 7.09. The number of ether oxygens (including phenoxy) is 1. The van der Waals surface area contributed by atoms with Crippen molar-refractivity contribution in [1.29, 1.82) is 0 Å². The summed E-state index contributed by atoms with van der Waals surface area (Å²) in [7, 11) is 0. The minimum absolute atomic E-state index is 0.0935. The molecule has 1 N–H and O–H groups in total. The first-order valence-electron chi connectivity index (χ1n) is 7.46. The van der Waals surface area contributed by atoms with E-state index in [0.717, 1.165) is 31.2 Å². The number of hydrogen-bond acceptors (Lipinski definition) is 5. The number of carbonyl (C=O) groups is 1. The molecular weight excluding hydrogens is 316 g/mol. The van der Waals surface area contributed by atoms with Crippen molar-refractivity contribution >= 4 is 28.6 Å². The van der Waals surface area contributed by atoms with Crippen LogP contribution < -0.4 is 5.32 Å². The number of rotatable bonds is 6. The summed E-state index contributed by atoms with van der Waals surface area (Å²) in [6, 6.07) is 6.37. The van der Waals surface area contributed by atoms with E-state index in [0.29, 0.717) is 13.0 Å². The van der Waals surface area contributed by atoms with E-state index in [9.17, 15) is 4.79 Å². The van der Waals surface area contributed by atoms with E-state index in [-0.39, 0.29) is 11.9 Å². The van der Waals surface area contributed by atoms with Crippen LogP contribution in [0, 0.1) is 0 Å². The van der Waals surface area contributed by atoms with Crippen molar-refractivity contribution in [2.75, 3.05) is 32.8 Å². The van der Waals surface area contributed by atoms with Crippen molar-refractivity contribution in [2.24, 2.45) is 0 Å². The lowest BCUT2D eigenvalue weighted by atomic mass is 10.1. The van der Waals surface area contributed by atoms with Gasteiger partial charge in [-0.05, 0) is 33.8 Å². The molecule has 0 bridgehead atoms. The molecule has 0 unspecified atom stereocenters. The van der Waals surface area contributed by atoms with Gasteiger partial charge < -0.3 is 10.1 Å². The molecule has 1 fully saturated rings. The molecule has 6 heteroatoms. The Morgan fingerprint density at radius 2 is 2.18 bits per heavy atom. The summed E-state index contributed by atoms with van der Waals surface area (Å²) < 4.78 is 5.44. The first-order valence-corrected chi connectivity index (χ1v) is 9.28. The maximum Gasteiger partial charge on any atom is 0.225 e. The van der Waals surface area contributed by atoms with Gasteiger partial charge >= 0.3 is 0 Å². The van der Waals surface area contributed by atoms with E-state index >= 15 is 0 Å². The predicted molar refractivity (Wildman–Crippen MR) is 90.5 cm³/mol. The van der Waals surface area contributed by atoms with Crippen LogP contribution in [-0.2, 0) is 16.0 Å². The van der Waals surface area contributed by atoms with Crippen LogP contribution in [0.25, 0.3) is 0 Å². The van der Waals surface area contributed by atoms with Gasteiger partial charge in [0.15, 0.2) is 0 Å². The highest BCUT2D eigenvalue weighted by Crippen LogP contribution is 2.23. The Labute approximate surface area is 138 Å². The Morgan fingerprint density at radius 3 is 2.86 bits per heavy atom. The minimum Gasteiger partial charge on any atom is -0.379 e. The average Bonchev–Trinajstić information content (AvgIpc) is 3.22. The fraction of sp³-hybridized carbons (Fsp3) is 0.438. The molecule has 2 aromatic heterocycles. The van der Waals surface area contributed by atoms with E-state index in [2.05, 4.69) is 27.0 Å².